The van der Waals surface area contributed by atoms with Crippen LogP contribution in [0, 0.1) is 18.3 Å². The average molecular weight is 414 g/mol. The lowest BCUT2D eigenvalue weighted by molar-refractivity contribution is 0.0535. The van der Waals surface area contributed by atoms with E-state index in [-0.39, 0.29) is 12.0 Å². The molecule has 1 N–H and O–H groups in total. The highest BCUT2D eigenvalue weighted by atomic mass is 16.5. The summed E-state index contributed by atoms with van der Waals surface area (Å²) in [5.41, 5.74) is 5.57. The van der Waals surface area contributed by atoms with Crippen molar-refractivity contribution in [2.24, 2.45) is 0 Å². The van der Waals surface area contributed by atoms with E-state index >= 15 is 0 Å². The molecule has 0 aliphatic carbocycles. The van der Waals surface area contributed by atoms with Crippen molar-refractivity contribution in [2.45, 2.75) is 26.1 Å². The quantitative estimate of drug-likeness (QED) is 0.654. The van der Waals surface area contributed by atoms with Crippen LogP contribution in [0.2, 0.25) is 0 Å². The van der Waals surface area contributed by atoms with Gasteiger partial charge in [0.05, 0.1) is 5.56 Å². The van der Waals surface area contributed by atoms with Crippen molar-refractivity contribution in [1.29, 1.82) is 5.26 Å². The van der Waals surface area contributed by atoms with Gasteiger partial charge >= 0.3 is 5.97 Å². The van der Waals surface area contributed by atoms with Crippen LogP contribution in [0.1, 0.15) is 44.3 Å². The second kappa shape index (κ2) is 7.95. The number of nitrogens with one attached hydrogen (secondary N) is 1. The molecule has 1 saturated heterocycles. The van der Waals surface area contributed by atoms with Crippen molar-refractivity contribution in [2.75, 3.05) is 19.6 Å². The second-order valence-corrected chi connectivity index (χ2v) is 7.91. The van der Waals surface area contributed by atoms with Crippen LogP contribution in [-0.2, 0) is 17.9 Å². The zero-order valence-electron chi connectivity index (χ0n) is 17.2. The predicted octanol–water partition coefficient (Wildman–Crippen LogP) is 2.26. The maximum Gasteiger partial charge on any atom is 0.338 e. The lowest BCUT2D eigenvalue weighted by Crippen LogP contribution is -2.45. The molecule has 0 radical (unpaired) electrons. The Morgan fingerprint density at radius 2 is 2.19 bits per heavy atom. The Morgan fingerprint density at radius 1 is 1.29 bits per heavy atom. The van der Waals surface area contributed by atoms with Gasteiger partial charge in [-0.25, -0.2) is 14.5 Å². The minimum Gasteiger partial charge on any atom is -0.457 e. The van der Waals surface area contributed by atoms with Crippen LogP contribution in [0.4, 0.5) is 0 Å². The molecule has 2 aromatic heterocycles. The molecule has 2 aliphatic rings. The van der Waals surface area contributed by atoms with Crippen molar-refractivity contribution in [3.63, 3.8) is 0 Å². The molecule has 1 fully saturated rings. The summed E-state index contributed by atoms with van der Waals surface area (Å²) >= 11 is 0. The number of benzene rings is 1. The van der Waals surface area contributed by atoms with Crippen LogP contribution in [0.3, 0.4) is 0 Å². The summed E-state index contributed by atoms with van der Waals surface area (Å²) < 4.78 is 6.80. The molecule has 5 rings (SSSR count). The Morgan fingerprint density at radius 3 is 2.97 bits per heavy atom. The molecule has 4 heterocycles. The van der Waals surface area contributed by atoms with Crippen LogP contribution < -0.4 is 5.32 Å². The zero-order valence-corrected chi connectivity index (χ0v) is 17.2. The van der Waals surface area contributed by atoms with Crippen molar-refractivity contribution in [3.8, 4) is 11.9 Å². The van der Waals surface area contributed by atoms with Crippen LogP contribution in [0.15, 0.2) is 42.7 Å². The molecule has 0 bridgehead atoms. The average Bonchev–Trinajstić information content (AvgIpc) is 3.42. The highest BCUT2D eigenvalue weighted by molar-refractivity contribution is 5.94. The number of rotatable bonds is 4. The van der Waals surface area contributed by atoms with E-state index in [2.05, 4.69) is 39.4 Å². The van der Waals surface area contributed by atoms with Gasteiger partial charge in [0, 0.05) is 50.2 Å². The van der Waals surface area contributed by atoms with Crippen LogP contribution in [-0.4, -0.2) is 45.3 Å². The van der Waals surface area contributed by atoms with E-state index in [1.165, 1.54) is 5.56 Å². The van der Waals surface area contributed by atoms with Crippen molar-refractivity contribution >= 4 is 5.97 Å². The first-order valence-electron chi connectivity index (χ1n) is 10.3. The Hall–Kier alpha value is -3.54. The number of piperazine rings is 1. The zero-order chi connectivity index (χ0) is 21.4. The summed E-state index contributed by atoms with van der Waals surface area (Å²) in [6.45, 7) is 5.97. The molecule has 156 valence electrons. The SMILES string of the molecule is Cc1c([C@@H]2CN(Cc3ccc(-n4ccc(C#N)n4)nc3)CCN2)ccc2c1COC2=O. The molecular formula is C23H22N6O2. The fourth-order valence-electron chi connectivity index (χ4n) is 4.32. The number of carbonyl (C=O) groups is 1. The van der Waals surface area contributed by atoms with Gasteiger partial charge in [-0.15, -0.1) is 0 Å². The Labute approximate surface area is 180 Å². The maximum absolute atomic E-state index is 11.8. The molecule has 0 saturated carbocycles. The van der Waals surface area contributed by atoms with Gasteiger partial charge in [0.15, 0.2) is 11.5 Å². The van der Waals surface area contributed by atoms with Gasteiger partial charge in [0.2, 0.25) is 0 Å². The second-order valence-electron chi connectivity index (χ2n) is 7.91. The molecule has 0 spiro atoms. The van der Waals surface area contributed by atoms with Gasteiger partial charge in [-0.1, -0.05) is 12.1 Å². The number of hydrogen-bond donors (Lipinski definition) is 1. The van der Waals surface area contributed by atoms with Gasteiger partial charge < -0.3 is 10.1 Å². The van der Waals surface area contributed by atoms with E-state index in [0.717, 1.165) is 42.9 Å². The number of cyclic esters (lactones) is 1. The lowest BCUT2D eigenvalue weighted by Gasteiger charge is -2.34. The molecule has 1 aromatic carbocycles. The van der Waals surface area contributed by atoms with E-state index in [4.69, 9.17) is 10.00 Å². The summed E-state index contributed by atoms with van der Waals surface area (Å²) in [6, 6.07) is 11.8. The van der Waals surface area contributed by atoms with Crippen LogP contribution >= 0.6 is 0 Å². The van der Waals surface area contributed by atoms with E-state index in [9.17, 15) is 4.79 Å². The lowest BCUT2D eigenvalue weighted by atomic mass is 9.93. The van der Waals surface area contributed by atoms with Gasteiger partial charge in [-0.05, 0) is 41.8 Å². The van der Waals surface area contributed by atoms with E-state index < -0.39 is 0 Å². The molecule has 0 unspecified atom stereocenters. The van der Waals surface area contributed by atoms with E-state index in [1.807, 2.05) is 24.4 Å². The number of nitrogens with zero attached hydrogens (tertiary/aromatic N) is 5. The Bertz CT molecular complexity index is 1180. The molecule has 3 aromatic rings. The number of fused-ring (bicyclic) bond motifs is 1. The molecule has 0 amide bonds. The number of aromatic nitrogens is 3. The smallest absolute Gasteiger partial charge is 0.338 e. The monoisotopic (exact) mass is 414 g/mol. The number of esters is 1. The molecule has 8 heteroatoms. The highest BCUT2D eigenvalue weighted by Gasteiger charge is 2.28. The Kier molecular flexibility index (Phi) is 4.98. The van der Waals surface area contributed by atoms with Gasteiger partial charge in [-0.3, -0.25) is 4.90 Å². The number of carbonyl (C=O) groups excluding carboxylic acids is 1. The number of pyridine rings is 1. The first kappa shape index (κ1) is 19.4. The van der Waals surface area contributed by atoms with Crippen molar-refractivity contribution in [1.82, 2.24) is 25.0 Å². The minimum absolute atomic E-state index is 0.204. The van der Waals surface area contributed by atoms with Crippen molar-refractivity contribution < 1.29 is 9.53 Å². The van der Waals surface area contributed by atoms with Crippen molar-refractivity contribution in [3.05, 3.63) is 76.2 Å². The maximum atomic E-state index is 11.8. The summed E-state index contributed by atoms with van der Waals surface area (Å²) in [5, 5.41) is 16.7. The van der Waals surface area contributed by atoms with Crippen LogP contribution in [0.25, 0.3) is 5.82 Å². The minimum atomic E-state index is -0.224. The predicted molar refractivity (Wildman–Crippen MR) is 112 cm³/mol. The van der Waals surface area contributed by atoms with Crippen LogP contribution in [0.5, 0.6) is 0 Å². The summed E-state index contributed by atoms with van der Waals surface area (Å²) in [6.07, 6.45) is 3.60. The first-order valence-corrected chi connectivity index (χ1v) is 10.3. The number of ether oxygens (including phenoxy) is 1. The fourth-order valence-corrected chi connectivity index (χ4v) is 4.32. The molecular weight excluding hydrogens is 392 g/mol. The standard InChI is InChI=1S/C23H22N6O2/c1-15-18(3-4-19-20(15)14-31-23(19)30)21-13-28(9-7-25-21)12-16-2-5-22(26-11-16)29-8-6-17(10-24)27-29/h2-6,8,11,21,25H,7,9,12-14H2,1H3/t21-/m0/s1. The number of nitriles is 1. The fraction of sp³-hybridized carbons (Fsp3) is 0.304. The first-order chi connectivity index (χ1) is 15.1. The van der Waals surface area contributed by atoms with Gasteiger partial charge in [-0.2, -0.15) is 10.4 Å². The topological polar surface area (TPSA) is 96.1 Å². The normalized spacial score (nSPS) is 18.5. The van der Waals surface area contributed by atoms with E-state index in [0.29, 0.717) is 23.7 Å². The van der Waals surface area contributed by atoms with E-state index in [1.54, 1.807) is 16.9 Å². The third-order valence-corrected chi connectivity index (χ3v) is 6.00. The molecule has 2 aliphatic heterocycles. The van der Waals surface area contributed by atoms with Gasteiger partial charge in [0.25, 0.3) is 0 Å². The third-order valence-electron chi connectivity index (χ3n) is 6.00. The summed E-state index contributed by atoms with van der Waals surface area (Å²) in [4.78, 5) is 18.7. The molecule has 1 atom stereocenters. The summed E-state index contributed by atoms with van der Waals surface area (Å²) in [7, 11) is 0. The number of hydrogen-bond acceptors (Lipinski definition) is 7. The largest absolute Gasteiger partial charge is 0.457 e. The third kappa shape index (κ3) is 3.69. The molecule has 31 heavy (non-hydrogen) atoms. The molecule has 8 nitrogen and oxygen atoms in total. The Balaban J connectivity index is 1.28. The van der Waals surface area contributed by atoms with Gasteiger partial charge in [0.1, 0.15) is 12.7 Å². The summed E-state index contributed by atoms with van der Waals surface area (Å²) in [5.74, 6) is 0.465. The highest BCUT2D eigenvalue weighted by Crippen LogP contribution is 2.30.